The van der Waals surface area contributed by atoms with Crippen molar-refractivity contribution in [3.05, 3.63) is 40.4 Å². The average Bonchev–Trinajstić information content (AvgIpc) is 3.26. The smallest absolute Gasteiger partial charge is 0.230 e. The predicted octanol–water partition coefficient (Wildman–Crippen LogP) is 4.18. The Labute approximate surface area is 199 Å². The van der Waals surface area contributed by atoms with Crippen LogP contribution in [0.25, 0.3) is 0 Å². The zero-order chi connectivity index (χ0) is 23.8. The van der Waals surface area contributed by atoms with Crippen LogP contribution in [0.1, 0.15) is 55.8 Å². The van der Waals surface area contributed by atoms with E-state index in [0.29, 0.717) is 17.0 Å². The molecule has 4 rings (SSSR count). The van der Waals surface area contributed by atoms with Crippen molar-refractivity contribution in [2.45, 2.75) is 57.5 Å². The maximum atomic E-state index is 12.6. The second-order valence-corrected chi connectivity index (χ2v) is 12.7. The van der Waals surface area contributed by atoms with Crippen molar-refractivity contribution in [1.82, 2.24) is 9.88 Å². The molecule has 7 nitrogen and oxygen atoms in total. The largest absolute Gasteiger partial charge is 0.302 e. The highest BCUT2D eigenvalue weighted by molar-refractivity contribution is 7.91. The van der Waals surface area contributed by atoms with Gasteiger partial charge in [-0.2, -0.15) is 5.26 Å². The summed E-state index contributed by atoms with van der Waals surface area (Å²) in [6.45, 7) is 7.85. The van der Waals surface area contributed by atoms with Crippen molar-refractivity contribution in [1.29, 1.82) is 5.26 Å². The van der Waals surface area contributed by atoms with Gasteiger partial charge in [-0.1, -0.05) is 32.9 Å². The summed E-state index contributed by atoms with van der Waals surface area (Å²) in [5.74, 6) is 1.10. The molecule has 1 aromatic carbocycles. The molecular weight excluding hydrogens is 456 g/mol. The summed E-state index contributed by atoms with van der Waals surface area (Å²) in [6.07, 6.45) is 2.15. The number of fused-ring (bicyclic) bond motifs is 1. The lowest BCUT2D eigenvalue weighted by Crippen LogP contribution is -2.36. The molecule has 1 aromatic heterocycles. The molecular formula is C24H30N4O3S2. The highest BCUT2D eigenvalue weighted by Gasteiger charge is 2.39. The number of sulfone groups is 1. The molecule has 176 valence electrons. The highest BCUT2D eigenvalue weighted by atomic mass is 32.2. The first-order chi connectivity index (χ1) is 15.7. The fourth-order valence-corrected chi connectivity index (χ4v) is 6.71. The van der Waals surface area contributed by atoms with Crippen LogP contribution >= 0.6 is 11.3 Å². The van der Waals surface area contributed by atoms with Crippen LogP contribution in [0.2, 0.25) is 0 Å². The number of hydrogen-bond donors (Lipinski definition) is 1. The van der Waals surface area contributed by atoms with Gasteiger partial charge in [0.15, 0.2) is 15.0 Å². The van der Waals surface area contributed by atoms with Crippen LogP contribution in [0.15, 0.2) is 29.2 Å². The normalized spacial score (nSPS) is 22.6. The molecule has 1 atom stereocenters. The number of nitriles is 1. The third-order valence-corrected chi connectivity index (χ3v) is 9.29. The summed E-state index contributed by atoms with van der Waals surface area (Å²) in [4.78, 5) is 21.3. The van der Waals surface area contributed by atoms with Crippen LogP contribution in [-0.2, 0) is 27.6 Å². The number of thiazole rings is 1. The molecule has 2 aromatic rings. The standard InChI is InChI=1S/C24H30N4O3S2/c1-4-33(30,31)19-7-5-16(6-8-19)11-21(29)26-24-27-22-20(32-24)14-28(23(22)15(2)3)13-18-9-17(10-18)12-25/h5-8,15,17-18,23H,4,9-11,13-14H2,1-3H3,(H,26,27,29)/t17?,18?,23-/m0/s1. The summed E-state index contributed by atoms with van der Waals surface area (Å²) in [5, 5.41) is 12.6. The summed E-state index contributed by atoms with van der Waals surface area (Å²) in [6, 6.07) is 9.09. The number of carbonyl (C=O) groups excluding carboxylic acids is 1. The molecule has 0 radical (unpaired) electrons. The Bertz CT molecular complexity index is 1160. The fourth-order valence-electron chi connectivity index (χ4n) is 4.78. The Kier molecular flexibility index (Phi) is 6.89. The van der Waals surface area contributed by atoms with E-state index in [2.05, 4.69) is 30.1 Å². The lowest BCUT2D eigenvalue weighted by molar-refractivity contribution is -0.115. The van der Waals surface area contributed by atoms with E-state index in [9.17, 15) is 13.2 Å². The lowest BCUT2D eigenvalue weighted by Gasteiger charge is -2.37. The zero-order valence-electron chi connectivity index (χ0n) is 19.2. The van der Waals surface area contributed by atoms with Gasteiger partial charge >= 0.3 is 0 Å². The van der Waals surface area contributed by atoms with Crippen molar-refractivity contribution in [2.75, 3.05) is 17.6 Å². The van der Waals surface area contributed by atoms with Gasteiger partial charge in [0.25, 0.3) is 0 Å². The number of anilines is 1. The van der Waals surface area contributed by atoms with Crippen molar-refractivity contribution < 1.29 is 13.2 Å². The Morgan fingerprint density at radius 2 is 2.00 bits per heavy atom. The third-order valence-electron chi connectivity index (χ3n) is 6.56. The van der Waals surface area contributed by atoms with Crippen molar-refractivity contribution in [3.63, 3.8) is 0 Å². The molecule has 0 unspecified atom stereocenters. The van der Waals surface area contributed by atoms with E-state index in [-0.39, 0.29) is 34.9 Å². The van der Waals surface area contributed by atoms with Gasteiger partial charge in [-0.25, -0.2) is 13.4 Å². The SMILES string of the molecule is CCS(=O)(=O)c1ccc(CC(=O)Nc2nc3c(s2)CN(CC2CC(C#N)C2)[C@H]3C(C)C)cc1. The molecule has 0 saturated heterocycles. The average molecular weight is 487 g/mol. The zero-order valence-corrected chi connectivity index (χ0v) is 20.9. The van der Waals surface area contributed by atoms with Crippen molar-refractivity contribution in [3.8, 4) is 6.07 Å². The molecule has 1 fully saturated rings. The van der Waals surface area contributed by atoms with E-state index in [4.69, 9.17) is 10.2 Å². The fraction of sp³-hybridized carbons (Fsp3) is 0.542. The molecule has 9 heteroatoms. The number of nitrogens with zero attached hydrogens (tertiary/aromatic N) is 3. The summed E-state index contributed by atoms with van der Waals surface area (Å²) in [5.41, 5.74) is 1.82. The molecule has 1 saturated carbocycles. The number of aromatic nitrogens is 1. The van der Waals surface area contributed by atoms with Gasteiger partial charge < -0.3 is 5.32 Å². The topological polar surface area (TPSA) is 103 Å². The second-order valence-electron chi connectivity index (χ2n) is 9.38. The van der Waals surface area contributed by atoms with E-state index >= 15 is 0 Å². The van der Waals surface area contributed by atoms with Gasteiger partial charge in [-0.05, 0) is 42.4 Å². The molecule has 1 N–H and O–H groups in total. The number of amides is 1. The monoisotopic (exact) mass is 486 g/mol. The summed E-state index contributed by atoms with van der Waals surface area (Å²) in [7, 11) is -3.24. The lowest BCUT2D eigenvalue weighted by atomic mass is 9.75. The van der Waals surface area contributed by atoms with Gasteiger partial charge in [0.2, 0.25) is 5.91 Å². The van der Waals surface area contributed by atoms with Crippen LogP contribution < -0.4 is 5.32 Å². The van der Waals surface area contributed by atoms with Crippen molar-refractivity contribution >= 4 is 32.2 Å². The molecule has 0 spiro atoms. The minimum absolute atomic E-state index is 0.0530. The van der Waals surface area contributed by atoms with E-state index in [0.717, 1.165) is 37.2 Å². The third kappa shape index (κ3) is 5.13. The maximum Gasteiger partial charge on any atom is 0.230 e. The van der Waals surface area contributed by atoms with E-state index in [1.807, 2.05) is 0 Å². The number of rotatable bonds is 8. The Balaban J connectivity index is 1.37. The minimum Gasteiger partial charge on any atom is -0.302 e. The van der Waals surface area contributed by atoms with Crippen LogP contribution in [0.4, 0.5) is 5.13 Å². The number of nitrogens with one attached hydrogen (secondary N) is 1. The predicted molar refractivity (Wildman–Crippen MR) is 128 cm³/mol. The Morgan fingerprint density at radius 1 is 1.30 bits per heavy atom. The van der Waals surface area contributed by atoms with Gasteiger partial charge in [-0.15, -0.1) is 11.3 Å². The van der Waals surface area contributed by atoms with E-state index in [1.54, 1.807) is 31.2 Å². The second kappa shape index (κ2) is 9.53. The quantitative estimate of drug-likeness (QED) is 0.600. The van der Waals surface area contributed by atoms with E-state index < -0.39 is 9.84 Å². The van der Waals surface area contributed by atoms with E-state index in [1.165, 1.54) is 16.2 Å². The maximum absolute atomic E-state index is 12.6. The van der Waals surface area contributed by atoms with Crippen LogP contribution in [0.3, 0.4) is 0 Å². The molecule has 2 aliphatic rings. The van der Waals surface area contributed by atoms with Gasteiger partial charge in [0, 0.05) is 23.9 Å². The highest BCUT2D eigenvalue weighted by Crippen LogP contribution is 2.44. The molecule has 1 amide bonds. The van der Waals surface area contributed by atoms with Gasteiger partial charge in [-0.3, -0.25) is 9.69 Å². The van der Waals surface area contributed by atoms with Gasteiger partial charge in [0.1, 0.15) is 0 Å². The molecule has 2 heterocycles. The van der Waals surface area contributed by atoms with Crippen LogP contribution in [0, 0.1) is 29.1 Å². The van der Waals surface area contributed by atoms with Crippen molar-refractivity contribution in [2.24, 2.45) is 17.8 Å². The number of benzene rings is 1. The Hall–Kier alpha value is -2.28. The number of carbonyl (C=O) groups is 1. The van der Waals surface area contributed by atoms with Gasteiger partial charge in [0.05, 0.1) is 34.9 Å². The molecule has 1 aliphatic carbocycles. The Morgan fingerprint density at radius 3 is 2.61 bits per heavy atom. The summed E-state index contributed by atoms with van der Waals surface area (Å²) >= 11 is 1.54. The van der Waals surface area contributed by atoms with Crippen LogP contribution in [-0.4, -0.2) is 36.5 Å². The number of hydrogen-bond acceptors (Lipinski definition) is 7. The van der Waals surface area contributed by atoms with Crippen LogP contribution in [0.5, 0.6) is 0 Å². The first kappa shape index (κ1) is 23.9. The summed E-state index contributed by atoms with van der Waals surface area (Å²) < 4.78 is 23.9. The first-order valence-electron chi connectivity index (χ1n) is 11.4. The molecule has 1 aliphatic heterocycles. The molecule has 0 bridgehead atoms. The molecule has 33 heavy (non-hydrogen) atoms. The minimum atomic E-state index is -3.24. The first-order valence-corrected chi connectivity index (χ1v) is 13.9.